The third-order valence-corrected chi connectivity index (χ3v) is 1.50. The number of hydrogen-bond donors (Lipinski definition) is 0. The van der Waals surface area contributed by atoms with Crippen LogP contribution in [0.25, 0.3) is 0 Å². The number of halogens is 9. The summed E-state index contributed by atoms with van der Waals surface area (Å²) in [6.07, 6.45) is -15.2. The molecule has 9 heteroatoms. The maximum absolute atomic E-state index is 12.2. The van der Waals surface area contributed by atoms with Gasteiger partial charge in [0.05, 0.1) is 0 Å². The van der Waals surface area contributed by atoms with Crippen molar-refractivity contribution in [1.29, 1.82) is 0 Å². The zero-order valence-electron chi connectivity index (χ0n) is 7.06. The molecule has 0 radical (unpaired) electrons. The van der Waals surface area contributed by atoms with Crippen LogP contribution in [0, 0.1) is 0 Å². The molecule has 0 fully saturated rings. The molecule has 0 aromatic rings. The van der Waals surface area contributed by atoms with Crippen molar-refractivity contribution in [2.45, 2.75) is 37.3 Å². The lowest BCUT2D eigenvalue weighted by Crippen LogP contribution is -2.53. The van der Waals surface area contributed by atoms with E-state index in [0.29, 0.717) is 0 Å². The van der Waals surface area contributed by atoms with Crippen LogP contribution in [0.15, 0.2) is 0 Å². The Balaban J connectivity index is 4.94. The van der Waals surface area contributed by atoms with E-state index in [4.69, 9.17) is 0 Å². The predicted molar refractivity (Wildman–Crippen MR) is 31.4 cm³/mol. The molecule has 92 valence electrons. The zero-order valence-corrected chi connectivity index (χ0v) is 7.06. The van der Waals surface area contributed by atoms with Gasteiger partial charge in [-0.1, -0.05) is 0 Å². The molecule has 0 nitrogen and oxygen atoms in total. The van der Waals surface area contributed by atoms with E-state index in [-0.39, 0.29) is 0 Å². The molecular formula is C6H5F9. The van der Waals surface area contributed by atoms with Gasteiger partial charge < -0.3 is 0 Å². The van der Waals surface area contributed by atoms with Crippen molar-refractivity contribution in [3.05, 3.63) is 0 Å². The summed E-state index contributed by atoms with van der Waals surface area (Å²) >= 11 is 0. The SMILES string of the molecule is CC(F)(F)C(F)(F)C(F)C(F)C(F)(F)F. The summed E-state index contributed by atoms with van der Waals surface area (Å²) in [6, 6.07) is 0. The van der Waals surface area contributed by atoms with Crippen LogP contribution < -0.4 is 0 Å². The average Bonchev–Trinajstić information content (AvgIpc) is 1.97. The van der Waals surface area contributed by atoms with Gasteiger partial charge in [-0.3, -0.25) is 0 Å². The number of alkyl halides is 9. The standard InChI is InChI=1S/C6H5F9/c1-4(9,10)5(11,12)2(7)3(8)6(13,14)15/h2-3H,1H3. The van der Waals surface area contributed by atoms with Gasteiger partial charge in [0.15, 0.2) is 0 Å². The highest BCUT2D eigenvalue weighted by Gasteiger charge is 2.65. The predicted octanol–water partition coefficient (Wildman–Crippen LogP) is 3.52. The van der Waals surface area contributed by atoms with Crippen LogP contribution in [0.1, 0.15) is 6.92 Å². The average molecular weight is 248 g/mol. The monoisotopic (exact) mass is 248 g/mol. The van der Waals surface area contributed by atoms with Crippen LogP contribution in [0.2, 0.25) is 0 Å². The molecule has 0 spiro atoms. The fourth-order valence-electron chi connectivity index (χ4n) is 0.592. The first-order chi connectivity index (χ1) is 6.32. The van der Waals surface area contributed by atoms with Gasteiger partial charge in [0.2, 0.25) is 12.3 Å². The van der Waals surface area contributed by atoms with E-state index in [0.717, 1.165) is 0 Å². The first kappa shape index (κ1) is 14.4. The first-order valence-electron chi connectivity index (χ1n) is 3.42. The zero-order chi connectivity index (χ0) is 12.7. The van der Waals surface area contributed by atoms with Crippen molar-refractivity contribution < 1.29 is 39.5 Å². The highest BCUT2D eigenvalue weighted by molar-refractivity contribution is 4.94. The maximum Gasteiger partial charge on any atom is 0.422 e. The van der Waals surface area contributed by atoms with Crippen molar-refractivity contribution >= 4 is 0 Å². The molecule has 0 aromatic carbocycles. The number of hydrogen-bond acceptors (Lipinski definition) is 0. The van der Waals surface area contributed by atoms with Crippen molar-refractivity contribution in [2.75, 3.05) is 0 Å². The highest BCUT2D eigenvalue weighted by atomic mass is 19.4. The molecule has 15 heavy (non-hydrogen) atoms. The van der Waals surface area contributed by atoms with Gasteiger partial charge in [-0.15, -0.1) is 0 Å². The van der Waals surface area contributed by atoms with Gasteiger partial charge in [-0.25, -0.2) is 17.6 Å². The molecule has 0 bridgehead atoms. The molecule has 0 saturated carbocycles. The molecule has 0 aliphatic carbocycles. The highest BCUT2D eigenvalue weighted by Crippen LogP contribution is 2.42. The van der Waals surface area contributed by atoms with E-state index < -0.39 is 37.3 Å². The minimum atomic E-state index is -5.95. The quantitative estimate of drug-likeness (QED) is 0.670. The van der Waals surface area contributed by atoms with Gasteiger partial charge in [-0.2, -0.15) is 22.0 Å². The van der Waals surface area contributed by atoms with Gasteiger partial charge in [0.1, 0.15) is 0 Å². The van der Waals surface area contributed by atoms with E-state index in [1.807, 2.05) is 0 Å². The molecule has 0 aliphatic rings. The van der Waals surface area contributed by atoms with Crippen LogP contribution in [-0.2, 0) is 0 Å². The Morgan fingerprint density at radius 2 is 1.07 bits per heavy atom. The van der Waals surface area contributed by atoms with Gasteiger partial charge in [-0.05, 0) is 0 Å². The lowest BCUT2D eigenvalue weighted by molar-refractivity contribution is -0.275. The molecule has 0 saturated heterocycles. The van der Waals surface area contributed by atoms with Crippen LogP contribution >= 0.6 is 0 Å². The third-order valence-electron chi connectivity index (χ3n) is 1.50. The van der Waals surface area contributed by atoms with E-state index in [1.165, 1.54) is 0 Å². The van der Waals surface area contributed by atoms with Crippen LogP contribution in [0.4, 0.5) is 39.5 Å². The maximum atomic E-state index is 12.2. The van der Waals surface area contributed by atoms with Crippen LogP contribution in [-0.4, -0.2) is 30.4 Å². The normalized spacial score (nSPS) is 18.8. The number of rotatable bonds is 3. The van der Waals surface area contributed by atoms with Gasteiger partial charge in [0.25, 0.3) is 0 Å². The Morgan fingerprint density at radius 1 is 0.733 bits per heavy atom. The van der Waals surface area contributed by atoms with E-state index >= 15 is 0 Å². The summed E-state index contributed by atoms with van der Waals surface area (Å²) in [5.41, 5.74) is 0. The Hall–Kier alpha value is -0.630. The minimum Gasteiger partial charge on any atom is -0.237 e. The third kappa shape index (κ3) is 2.91. The Bertz CT molecular complexity index is 212. The van der Waals surface area contributed by atoms with Crippen LogP contribution in [0.5, 0.6) is 0 Å². The summed E-state index contributed by atoms with van der Waals surface area (Å²) in [4.78, 5) is 0. The lowest BCUT2D eigenvalue weighted by Gasteiger charge is -2.28. The lowest BCUT2D eigenvalue weighted by atomic mass is 10.0. The molecule has 0 N–H and O–H groups in total. The van der Waals surface area contributed by atoms with Gasteiger partial charge >= 0.3 is 18.0 Å². The van der Waals surface area contributed by atoms with Crippen LogP contribution in [0.3, 0.4) is 0 Å². The van der Waals surface area contributed by atoms with Crippen molar-refractivity contribution in [3.8, 4) is 0 Å². The summed E-state index contributed by atoms with van der Waals surface area (Å²) < 4.78 is 107. The Morgan fingerprint density at radius 3 is 1.27 bits per heavy atom. The molecule has 0 rings (SSSR count). The molecule has 0 aliphatic heterocycles. The Kier molecular flexibility index (Phi) is 3.59. The molecule has 0 amide bonds. The fourth-order valence-corrected chi connectivity index (χ4v) is 0.592. The molecular weight excluding hydrogens is 243 g/mol. The molecule has 2 atom stereocenters. The topological polar surface area (TPSA) is 0 Å². The van der Waals surface area contributed by atoms with Gasteiger partial charge in [0, 0.05) is 6.92 Å². The fraction of sp³-hybridized carbons (Fsp3) is 1.00. The Labute approximate surface area is 78.1 Å². The van der Waals surface area contributed by atoms with E-state index in [9.17, 15) is 39.5 Å². The second-order valence-electron chi connectivity index (χ2n) is 2.86. The van der Waals surface area contributed by atoms with Crippen molar-refractivity contribution in [3.63, 3.8) is 0 Å². The second kappa shape index (κ2) is 3.75. The smallest absolute Gasteiger partial charge is 0.237 e. The van der Waals surface area contributed by atoms with Crippen molar-refractivity contribution in [2.24, 2.45) is 0 Å². The van der Waals surface area contributed by atoms with E-state index in [2.05, 4.69) is 0 Å². The summed E-state index contributed by atoms with van der Waals surface area (Å²) in [5, 5.41) is 0. The first-order valence-corrected chi connectivity index (χ1v) is 3.42. The summed E-state index contributed by atoms with van der Waals surface area (Å²) in [7, 11) is 0. The molecule has 0 aromatic heterocycles. The molecule has 0 heterocycles. The largest absolute Gasteiger partial charge is 0.422 e. The summed E-state index contributed by atoms with van der Waals surface area (Å²) in [6.45, 7) is -0.497. The molecule has 2 unspecified atom stereocenters. The summed E-state index contributed by atoms with van der Waals surface area (Å²) in [5.74, 6) is -10.8. The minimum absolute atomic E-state index is 0.497. The van der Waals surface area contributed by atoms with E-state index in [1.54, 1.807) is 0 Å². The van der Waals surface area contributed by atoms with Crippen molar-refractivity contribution in [1.82, 2.24) is 0 Å². The second-order valence-corrected chi connectivity index (χ2v) is 2.86.